The second-order valence-electron chi connectivity index (χ2n) is 5.70. The number of nitrogens with zero attached hydrogens (tertiary/aromatic N) is 1. The van der Waals surface area contributed by atoms with Gasteiger partial charge in [-0.15, -0.1) is 0 Å². The second kappa shape index (κ2) is 7.21. The molecule has 0 atom stereocenters. The number of methoxy groups -OCH3 is 2. The van der Waals surface area contributed by atoms with Gasteiger partial charge in [-0.1, -0.05) is 18.2 Å². The molecule has 1 aliphatic rings. The summed E-state index contributed by atoms with van der Waals surface area (Å²) >= 11 is 0. The average Bonchev–Trinajstić information content (AvgIpc) is 2.65. The number of aryl methyl sites for hydroxylation is 1. The Morgan fingerprint density at radius 2 is 1.79 bits per heavy atom. The monoisotopic (exact) mass is 323 g/mol. The van der Waals surface area contributed by atoms with Crippen molar-refractivity contribution in [3.63, 3.8) is 0 Å². The van der Waals surface area contributed by atoms with E-state index in [4.69, 9.17) is 9.47 Å². The first-order chi connectivity index (χ1) is 11.7. The Bertz CT molecular complexity index is 745. The molecule has 124 valence electrons. The minimum Gasteiger partial charge on any atom is -0.497 e. The number of amides is 1. The number of benzene rings is 2. The summed E-state index contributed by atoms with van der Waals surface area (Å²) in [6, 6.07) is 13.6. The molecule has 0 N–H and O–H groups in total. The van der Waals surface area contributed by atoms with Gasteiger partial charge in [0.15, 0.2) is 0 Å². The summed E-state index contributed by atoms with van der Waals surface area (Å²) in [7, 11) is 3.22. The molecule has 1 amide bonds. The van der Waals surface area contributed by atoms with Gasteiger partial charge in [0.2, 0.25) is 0 Å². The SMILES string of the molecule is COc1cc(/C=C/C(=O)N2CCCc3ccccc32)cc(OC)c1. The molecule has 1 heterocycles. The molecule has 1 aliphatic heterocycles. The van der Waals surface area contributed by atoms with Gasteiger partial charge in [0.25, 0.3) is 5.91 Å². The van der Waals surface area contributed by atoms with Crippen molar-refractivity contribution in [1.82, 2.24) is 0 Å². The predicted octanol–water partition coefficient (Wildman–Crippen LogP) is 3.70. The quantitative estimate of drug-likeness (QED) is 0.805. The van der Waals surface area contributed by atoms with Crippen molar-refractivity contribution < 1.29 is 14.3 Å². The molecule has 0 aliphatic carbocycles. The van der Waals surface area contributed by atoms with Crippen molar-refractivity contribution >= 4 is 17.7 Å². The third-order valence-electron chi connectivity index (χ3n) is 4.17. The molecule has 4 nitrogen and oxygen atoms in total. The Morgan fingerprint density at radius 1 is 1.08 bits per heavy atom. The van der Waals surface area contributed by atoms with Gasteiger partial charge >= 0.3 is 0 Å². The highest BCUT2D eigenvalue weighted by atomic mass is 16.5. The molecule has 0 fully saturated rings. The lowest BCUT2D eigenvalue weighted by atomic mass is 10.0. The van der Waals surface area contributed by atoms with Gasteiger partial charge in [0.1, 0.15) is 11.5 Å². The van der Waals surface area contributed by atoms with E-state index in [9.17, 15) is 4.79 Å². The van der Waals surface area contributed by atoms with E-state index in [-0.39, 0.29) is 5.91 Å². The molecule has 0 spiro atoms. The third kappa shape index (κ3) is 3.43. The normalized spacial score (nSPS) is 13.7. The molecule has 0 aromatic heterocycles. The summed E-state index contributed by atoms with van der Waals surface area (Å²) in [5, 5.41) is 0. The van der Waals surface area contributed by atoms with E-state index in [0.717, 1.165) is 30.6 Å². The van der Waals surface area contributed by atoms with E-state index in [1.807, 2.05) is 35.2 Å². The van der Waals surface area contributed by atoms with Crippen molar-refractivity contribution in [3.05, 3.63) is 59.7 Å². The lowest BCUT2D eigenvalue weighted by Gasteiger charge is -2.28. The first kappa shape index (κ1) is 16.1. The molecule has 2 aromatic rings. The Morgan fingerprint density at radius 3 is 2.50 bits per heavy atom. The van der Waals surface area contributed by atoms with Crippen molar-refractivity contribution in [1.29, 1.82) is 0 Å². The van der Waals surface area contributed by atoms with E-state index in [1.165, 1.54) is 5.56 Å². The molecule has 0 bridgehead atoms. The van der Waals surface area contributed by atoms with Gasteiger partial charge in [-0.25, -0.2) is 0 Å². The van der Waals surface area contributed by atoms with Crippen LogP contribution in [-0.2, 0) is 11.2 Å². The molecule has 4 heteroatoms. The van der Waals surface area contributed by atoms with E-state index >= 15 is 0 Å². The fourth-order valence-electron chi connectivity index (χ4n) is 2.95. The Hall–Kier alpha value is -2.75. The lowest BCUT2D eigenvalue weighted by Crippen LogP contribution is -2.34. The van der Waals surface area contributed by atoms with Crippen LogP contribution in [0.4, 0.5) is 5.69 Å². The zero-order valence-electron chi connectivity index (χ0n) is 14.0. The molecule has 2 aromatic carbocycles. The van der Waals surface area contributed by atoms with Crippen molar-refractivity contribution in [2.75, 3.05) is 25.7 Å². The minimum absolute atomic E-state index is 0.0102. The number of carbonyl (C=O) groups excluding carboxylic acids is 1. The van der Waals surface area contributed by atoms with Gasteiger partial charge in [-0.3, -0.25) is 4.79 Å². The number of hydrogen-bond acceptors (Lipinski definition) is 3. The highest BCUT2D eigenvalue weighted by Gasteiger charge is 2.20. The van der Waals surface area contributed by atoms with Crippen LogP contribution in [0.2, 0.25) is 0 Å². The lowest BCUT2D eigenvalue weighted by molar-refractivity contribution is -0.114. The van der Waals surface area contributed by atoms with Gasteiger partial charge < -0.3 is 14.4 Å². The summed E-state index contributed by atoms with van der Waals surface area (Å²) in [6.45, 7) is 0.752. The smallest absolute Gasteiger partial charge is 0.250 e. The number of ether oxygens (including phenoxy) is 2. The molecule has 0 saturated carbocycles. The topological polar surface area (TPSA) is 38.8 Å². The largest absolute Gasteiger partial charge is 0.497 e. The van der Waals surface area contributed by atoms with Gasteiger partial charge in [0, 0.05) is 24.4 Å². The maximum Gasteiger partial charge on any atom is 0.250 e. The first-order valence-electron chi connectivity index (χ1n) is 8.02. The van der Waals surface area contributed by atoms with Crippen LogP contribution in [-0.4, -0.2) is 26.7 Å². The van der Waals surface area contributed by atoms with Gasteiger partial charge in [-0.05, 0) is 48.2 Å². The molecule has 0 radical (unpaired) electrons. The summed E-state index contributed by atoms with van der Waals surface area (Å²) in [5.74, 6) is 1.39. The average molecular weight is 323 g/mol. The molecular weight excluding hydrogens is 302 g/mol. The number of rotatable bonds is 4. The predicted molar refractivity (Wildman–Crippen MR) is 95.7 cm³/mol. The summed E-state index contributed by atoms with van der Waals surface area (Å²) in [5.41, 5.74) is 3.11. The maximum atomic E-state index is 12.6. The number of para-hydroxylation sites is 1. The Balaban J connectivity index is 1.82. The Labute approximate surface area is 142 Å². The second-order valence-corrected chi connectivity index (χ2v) is 5.70. The van der Waals surface area contributed by atoms with Crippen molar-refractivity contribution in [2.24, 2.45) is 0 Å². The van der Waals surface area contributed by atoms with Crippen LogP contribution in [0.25, 0.3) is 6.08 Å². The molecule has 24 heavy (non-hydrogen) atoms. The molecule has 0 saturated heterocycles. The van der Waals surface area contributed by atoms with Crippen molar-refractivity contribution in [3.8, 4) is 11.5 Å². The fraction of sp³-hybridized carbons (Fsp3) is 0.250. The van der Waals surface area contributed by atoms with Crippen LogP contribution < -0.4 is 14.4 Å². The number of hydrogen-bond donors (Lipinski definition) is 0. The van der Waals surface area contributed by atoms with Crippen LogP contribution in [0.5, 0.6) is 11.5 Å². The maximum absolute atomic E-state index is 12.6. The van der Waals surface area contributed by atoms with Crippen LogP contribution in [0.15, 0.2) is 48.5 Å². The number of anilines is 1. The summed E-state index contributed by atoms with van der Waals surface area (Å²) < 4.78 is 10.5. The van der Waals surface area contributed by atoms with Crippen LogP contribution in [0.1, 0.15) is 17.5 Å². The van der Waals surface area contributed by atoms with E-state index in [0.29, 0.717) is 11.5 Å². The molecule has 3 rings (SSSR count). The van der Waals surface area contributed by atoms with Gasteiger partial charge in [-0.2, -0.15) is 0 Å². The summed E-state index contributed by atoms with van der Waals surface area (Å²) in [6.07, 6.45) is 5.42. The fourth-order valence-corrected chi connectivity index (χ4v) is 2.95. The first-order valence-corrected chi connectivity index (χ1v) is 8.02. The zero-order valence-corrected chi connectivity index (χ0v) is 14.0. The van der Waals surface area contributed by atoms with E-state index in [2.05, 4.69) is 6.07 Å². The van der Waals surface area contributed by atoms with E-state index < -0.39 is 0 Å². The Kier molecular flexibility index (Phi) is 4.85. The van der Waals surface area contributed by atoms with Crippen molar-refractivity contribution in [2.45, 2.75) is 12.8 Å². The highest BCUT2D eigenvalue weighted by molar-refractivity contribution is 6.04. The zero-order chi connectivity index (χ0) is 16.9. The van der Waals surface area contributed by atoms with Crippen LogP contribution in [0, 0.1) is 0 Å². The van der Waals surface area contributed by atoms with Gasteiger partial charge in [0.05, 0.1) is 14.2 Å². The third-order valence-corrected chi connectivity index (χ3v) is 4.17. The van der Waals surface area contributed by atoms with E-state index in [1.54, 1.807) is 32.4 Å². The standard InChI is InChI=1S/C20H21NO3/c1-23-17-12-15(13-18(14-17)24-2)9-10-20(22)21-11-5-7-16-6-3-4-8-19(16)21/h3-4,6,8-10,12-14H,5,7,11H2,1-2H3/b10-9+. The summed E-state index contributed by atoms with van der Waals surface area (Å²) in [4.78, 5) is 14.5. The number of carbonyl (C=O) groups is 1. The minimum atomic E-state index is -0.0102. The molecular formula is C20H21NO3. The number of fused-ring (bicyclic) bond motifs is 1. The highest BCUT2D eigenvalue weighted by Crippen LogP contribution is 2.27. The van der Waals surface area contributed by atoms with Crippen LogP contribution in [0.3, 0.4) is 0 Å². The molecule has 0 unspecified atom stereocenters. The van der Waals surface area contributed by atoms with Crippen LogP contribution >= 0.6 is 0 Å².